The molecule has 0 spiro atoms. The van der Waals surface area contributed by atoms with E-state index in [0.29, 0.717) is 18.4 Å². The summed E-state index contributed by atoms with van der Waals surface area (Å²) >= 11 is 0. The Balaban J connectivity index is 1.91. The molecule has 2 aliphatic rings. The Bertz CT molecular complexity index is 502. The number of ether oxygens (including phenoxy) is 1. The van der Waals surface area contributed by atoms with Crippen molar-refractivity contribution < 1.29 is 9.53 Å². The van der Waals surface area contributed by atoms with Crippen LogP contribution in [0.5, 0.6) is 0 Å². The molecule has 2 nitrogen and oxygen atoms in total. The third-order valence-corrected chi connectivity index (χ3v) is 3.73. The van der Waals surface area contributed by atoms with Crippen LogP contribution in [0.25, 0.3) is 6.08 Å². The van der Waals surface area contributed by atoms with Gasteiger partial charge in [-0.05, 0) is 30.9 Å². The van der Waals surface area contributed by atoms with Crippen molar-refractivity contribution in [2.45, 2.75) is 19.8 Å². The van der Waals surface area contributed by atoms with Crippen molar-refractivity contribution in [2.24, 2.45) is 11.8 Å². The molecule has 0 aromatic heterocycles. The first-order valence-corrected chi connectivity index (χ1v) is 6.17. The highest BCUT2D eigenvalue weighted by molar-refractivity contribution is 5.81. The van der Waals surface area contributed by atoms with Gasteiger partial charge in [-0.1, -0.05) is 35.9 Å². The first-order chi connectivity index (χ1) is 8.22. The van der Waals surface area contributed by atoms with Crippen LogP contribution in [-0.2, 0) is 9.53 Å². The van der Waals surface area contributed by atoms with Crippen LogP contribution in [0.1, 0.15) is 29.5 Å². The number of benzene rings is 1. The quantitative estimate of drug-likeness (QED) is 0.727. The van der Waals surface area contributed by atoms with Gasteiger partial charge in [-0.25, -0.2) is 0 Å². The zero-order valence-corrected chi connectivity index (χ0v) is 10.1. The Hall–Kier alpha value is -1.57. The number of aryl methyl sites for hydroxylation is 1. The maximum atomic E-state index is 11.8. The molecule has 3 rings (SSSR count). The summed E-state index contributed by atoms with van der Waals surface area (Å²) in [6.45, 7) is 4.42. The van der Waals surface area contributed by atoms with Crippen LogP contribution in [0, 0.1) is 18.8 Å². The van der Waals surface area contributed by atoms with E-state index in [1.165, 1.54) is 16.7 Å². The summed E-state index contributed by atoms with van der Waals surface area (Å²) in [4.78, 5) is 11.8. The molecule has 2 heteroatoms. The Labute approximate surface area is 101 Å². The molecular formula is C15H16O2. The van der Waals surface area contributed by atoms with Crippen LogP contribution < -0.4 is 0 Å². The molecule has 3 atom stereocenters. The monoisotopic (exact) mass is 228 g/mol. The first kappa shape index (κ1) is 10.6. The second-order valence-electron chi connectivity index (χ2n) is 4.87. The number of fused-ring (bicyclic) bond motifs is 3. The molecule has 1 aromatic carbocycles. The van der Waals surface area contributed by atoms with Crippen LogP contribution in [0.2, 0.25) is 0 Å². The lowest BCUT2D eigenvalue weighted by molar-refractivity contribution is -0.145. The lowest BCUT2D eigenvalue weighted by Crippen LogP contribution is -2.08. The van der Waals surface area contributed by atoms with E-state index in [0.717, 1.165) is 0 Å². The predicted molar refractivity (Wildman–Crippen MR) is 66.6 cm³/mol. The van der Waals surface area contributed by atoms with E-state index in [1.54, 1.807) is 0 Å². The van der Waals surface area contributed by atoms with Crippen molar-refractivity contribution >= 4 is 12.0 Å². The summed E-state index contributed by atoms with van der Waals surface area (Å²) in [5.74, 6) is 0.730. The minimum atomic E-state index is -0.0403. The van der Waals surface area contributed by atoms with E-state index in [4.69, 9.17) is 4.74 Å². The molecule has 1 saturated carbocycles. The second-order valence-corrected chi connectivity index (χ2v) is 4.87. The largest absolute Gasteiger partial charge is 0.466 e. The Morgan fingerprint density at radius 3 is 3.00 bits per heavy atom. The summed E-state index contributed by atoms with van der Waals surface area (Å²) in [5.41, 5.74) is 3.83. The van der Waals surface area contributed by atoms with E-state index < -0.39 is 0 Å². The summed E-state index contributed by atoms with van der Waals surface area (Å²) in [7, 11) is 0. The first-order valence-electron chi connectivity index (χ1n) is 6.17. The second kappa shape index (κ2) is 3.73. The number of hydrogen-bond acceptors (Lipinski definition) is 2. The average molecular weight is 228 g/mol. The predicted octanol–water partition coefficient (Wildman–Crippen LogP) is 2.91. The molecule has 0 saturated heterocycles. The van der Waals surface area contributed by atoms with Gasteiger partial charge in [0.25, 0.3) is 0 Å². The molecule has 0 bridgehead atoms. The van der Waals surface area contributed by atoms with E-state index in [-0.39, 0.29) is 11.9 Å². The lowest BCUT2D eigenvalue weighted by Gasteiger charge is -2.10. The van der Waals surface area contributed by atoms with Crippen molar-refractivity contribution in [1.82, 2.24) is 0 Å². The number of hydrogen-bond donors (Lipinski definition) is 0. The lowest BCUT2D eigenvalue weighted by atomic mass is 9.95. The van der Waals surface area contributed by atoms with Gasteiger partial charge < -0.3 is 4.74 Å². The molecular weight excluding hydrogens is 212 g/mol. The third-order valence-electron chi connectivity index (χ3n) is 3.73. The van der Waals surface area contributed by atoms with Crippen LogP contribution in [-0.4, -0.2) is 12.6 Å². The standard InChI is InChI=1S/C15H16O2/c1-3-17-15(16)14-11-7-6-10-5-4-9(2)8-12(10)13(11)14/h4-8,11,13-14H,3H2,1-2H3. The Morgan fingerprint density at radius 1 is 1.41 bits per heavy atom. The molecule has 0 amide bonds. The SMILES string of the molecule is CCOC(=O)C1C2C=Cc3ccc(C)cc3C21. The number of carbonyl (C=O) groups excluding carboxylic acids is 1. The van der Waals surface area contributed by atoms with Gasteiger partial charge in [0.05, 0.1) is 12.5 Å². The van der Waals surface area contributed by atoms with Crippen LogP contribution in [0.3, 0.4) is 0 Å². The van der Waals surface area contributed by atoms with Crippen molar-refractivity contribution in [3.05, 3.63) is 41.0 Å². The van der Waals surface area contributed by atoms with Gasteiger partial charge >= 0.3 is 5.97 Å². The molecule has 1 aromatic rings. The zero-order chi connectivity index (χ0) is 12.0. The molecule has 0 N–H and O–H groups in total. The summed E-state index contributed by atoms with van der Waals surface area (Å²) in [5, 5.41) is 0. The van der Waals surface area contributed by atoms with Crippen LogP contribution in [0.4, 0.5) is 0 Å². The van der Waals surface area contributed by atoms with Gasteiger partial charge in [-0.3, -0.25) is 4.79 Å². The number of esters is 1. The normalized spacial score (nSPS) is 28.2. The zero-order valence-electron chi connectivity index (χ0n) is 10.1. The molecule has 88 valence electrons. The van der Waals surface area contributed by atoms with E-state index >= 15 is 0 Å². The highest BCUT2D eigenvalue weighted by Gasteiger charge is 2.56. The molecule has 0 radical (unpaired) electrons. The molecule has 2 aliphatic carbocycles. The Morgan fingerprint density at radius 2 is 2.24 bits per heavy atom. The fraction of sp³-hybridized carbons (Fsp3) is 0.400. The van der Waals surface area contributed by atoms with E-state index in [2.05, 4.69) is 37.3 Å². The summed E-state index contributed by atoms with van der Waals surface area (Å²) in [6.07, 6.45) is 4.29. The van der Waals surface area contributed by atoms with Gasteiger partial charge in [0, 0.05) is 5.92 Å². The van der Waals surface area contributed by atoms with Gasteiger partial charge in [0.15, 0.2) is 0 Å². The van der Waals surface area contributed by atoms with E-state index in [9.17, 15) is 4.79 Å². The highest BCUT2D eigenvalue weighted by atomic mass is 16.5. The van der Waals surface area contributed by atoms with Gasteiger partial charge in [-0.15, -0.1) is 0 Å². The van der Waals surface area contributed by atoms with Crippen molar-refractivity contribution in [3.8, 4) is 0 Å². The molecule has 17 heavy (non-hydrogen) atoms. The molecule has 0 aliphatic heterocycles. The van der Waals surface area contributed by atoms with E-state index in [1.807, 2.05) is 6.92 Å². The minimum absolute atomic E-state index is 0.0403. The topological polar surface area (TPSA) is 26.3 Å². The minimum Gasteiger partial charge on any atom is -0.466 e. The van der Waals surface area contributed by atoms with Gasteiger partial charge in [0.1, 0.15) is 0 Å². The number of carbonyl (C=O) groups is 1. The Kier molecular flexibility index (Phi) is 2.32. The highest BCUT2D eigenvalue weighted by Crippen LogP contribution is 2.58. The van der Waals surface area contributed by atoms with Crippen molar-refractivity contribution in [1.29, 1.82) is 0 Å². The molecule has 0 heterocycles. The van der Waals surface area contributed by atoms with Gasteiger partial charge in [0.2, 0.25) is 0 Å². The number of allylic oxidation sites excluding steroid dienone is 1. The average Bonchev–Trinajstić information content (AvgIpc) is 3.04. The third kappa shape index (κ3) is 1.59. The van der Waals surface area contributed by atoms with Crippen molar-refractivity contribution in [3.63, 3.8) is 0 Å². The maximum Gasteiger partial charge on any atom is 0.310 e. The number of rotatable bonds is 2. The maximum absolute atomic E-state index is 11.8. The molecule has 1 fully saturated rings. The van der Waals surface area contributed by atoms with Gasteiger partial charge in [-0.2, -0.15) is 0 Å². The fourth-order valence-electron chi connectivity index (χ4n) is 2.87. The van der Waals surface area contributed by atoms with Crippen LogP contribution in [0.15, 0.2) is 24.3 Å². The smallest absolute Gasteiger partial charge is 0.310 e. The summed E-state index contributed by atoms with van der Waals surface area (Å²) in [6, 6.07) is 6.46. The summed E-state index contributed by atoms with van der Waals surface area (Å²) < 4.78 is 5.13. The molecule has 3 unspecified atom stereocenters. The van der Waals surface area contributed by atoms with Crippen LogP contribution >= 0.6 is 0 Å². The van der Waals surface area contributed by atoms with Crippen molar-refractivity contribution in [2.75, 3.05) is 6.61 Å². The fourth-order valence-corrected chi connectivity index (χ4v) is 2.87.